The first-order chi connectivity index (χ1) is 7.63. The minimum atomic E-state index is -0.605. The highest BCUT2D eigenvalue weighted by Gasteiger charge is 2.14. The smallest absolute Gasteiger partial charge is 0.374 e. The minimum absolute atomic E-state index is 0.0409. The van der Waals surface area contributed by atoms with E-state index in [2.05, 4.69) is 9.97 Å². The van der Waals surface area contributed by atoms with Crippen molar-refractivity contribution in [2.45, 2.75) is 13.8 Å². The van der Waals surface area contributed by atoms with Crippen LogP contribution < -0.4 is 5.56 Å². The summed E-state index contributed by atoms with van der Waals surface area (Å²) < 4.78 is 5.31. The van der Waals surface area contributed by atoms with Crippen LogP contribution in [0.15, 0.2) is 10.2 Å². The van der Waals surface area contributed by atoms with E-state index < -0.39 is 5.97 Å². The molecule has 2 heterocycles. The summed E-state index contributed by atoms with van der Waals surface area (Å²) in [5.41, 5.74) is 1.15. The van der Waals surface area contributed by atoms with Gasteiger partial charge in [0.2, 0.25) is 5.82 Å². The van der Waals surface area contributed by atoms with Crippen LogP contribution in [-0.4, -0.2) is 22.5 Å². The Morgan fingerprint density at radius 1 is 1.62 bits per heavy atom. The average Bonchev–Trinajstić information content (AvgIpc) is 2.61. The zero-order valence-electron chi connectivity index (χ0n) is 8.86. The number of aromatic amines is 1. The maximum absolute atomic E-state index is 11.6. The second-order valence-electron chi connectivity index (χ2n) is 3.23. The van der Waals surface area contributed by atoms with E-state index in [0.29, 0.717) is 10.2 Å². The molecule has 0 aliphatic heterocycles. The van der Waals surface area contributed by atoms with Crippen molar-refractivity contribution in [3.05, 3.63) is 27.1 Å². The number of esters is 1. The van der Waals surface area contributed by atoms with Crippen molar-refractivity contribution in [1.82, 2.24) is 9.97 Å². The van der Waals surface area contributed by atoms with Crippen LogP contribution in [0, 0.1) is 6.92 Å². The molecule has 1 N–H and O–H groups in total. The van der Waals surface area contributed by atoms with E-state index in [0.717, 1.165) is 5.56 Å². The summed E-state index contributed by atoms with van der Waals surface area (Å²) in [6, 6.07) is 0. The zero-order valence-corrected chi connectivity index (χ0v) is 9.68. The third kappa shape index (κ3) is 1.71. The topological polar surface area (TPSA) is 72.0 Å². The van der Waals surface area contributed by atoms with E-state index in [-0.39, 0.29) is 18.0 Å². The number of thiophene rings is 1. The first-order valence-corrected chi connectivity index (χ1v) is 5.66. The van der Waals surface area contributed by atoms with Crippen molar-refractivity contribution >= 4 is 27.5 Å². The summed E-state index contributed by atoms with van der Waals surface area (Å²) >= 11 is 1.32. The van der Waals surface area contributed by atoms with Gasteiger partial charge in [0, 0.05) is 0 Å². The van der Waals surface area contributed by atoms with Crippen LogP contribution in [0.1, 0.15) is 23.1 Å². The SMILES string of the molecule is CCOC(=O)c1nc2c(C)csc2c(=O)[nH]1. The third-order valence-electron chi connectivity index (χ3n) is 2.07. The molecule has 2 aromatic heterocycles. The maximum atomic E-state index is 11.6. The zero-order chi connectivity index (χ0) is 11.7. The molecule has 0 fully saturated rings. The Bertz CT molecular complexity index is 600. The second kappa shape index (κ2) is 4.05. The molecule has 0 atom stereocenters. The average molecular weight is 238 g/mol. The largest absolute Gasteiger partial charge is 0.460 e. The van der Waals surface area contributed by atoms with E-state index in [1.807, 2.05) is 12.3 Å². The Morgan fingerprint density at radius 3 is 3.06 bits per heavy atom. The molecule has 2 aromatic rings. The predicted molar refractivity (Wildman–Crippen MR) is 60.9 cm³/mol. The standard InChI is InChI=1S/C10H10N2O3S/c1-3-15-10(14)8-11-6-5(2)4-16-7(6)9(13)12-8/h4H,3H2,1-2H3,(H,11,12,13). The Balaban J connectivity index is 2.61. The van der Waals surface area contributed by atoms with Crippen molar-refractivity contribution in [1.29, 1.82) is 0 Å². The Hall–Kier alpha value is -1.69. The Kier molecular flexibility index (Phi) is 2.74. The number of hydrogen-bond acceptors (Lipinski definition) is 5. The number of nitrogens with one attached hydrogen (secondary N) is 1. The fraction of sp³-hybridized carbons (Fsp3) is 0.300. The summed E-state index contributed by atoms with van der Waals surface area (Å²) in [6.07, 6.45) is 0. The molecule has 84 valence electrons. The van der Waals surface area contributed by atoms with Crippen LogP contribution in [0.5, 0.6) is 0 Å². The number of carbonyl (C=O) groups excluding carboxylic acids is 1. The van der Waals surface area contributed by atoms with Crippen LogP contribution in [0.25, 0.3) is 10.2 Å². The van der Waals surface area contributed by atoms with Crippen molar-refractivity contribution in [2.24, 2.45) is 0 Å². The monoisotopic (exact) mass is 238 g/mol. The van der Waals surface area contributed by atoms with Gasteiger partial charge in [0.05, 0.1) is 12.1 Å². The van der Waals surface area contributed by atoms with Gasteiger partial charge in [-0.3, -0.25) is 9.78 Å². The number of hydrogen-bond donors (Lipinski definition) is 1. The molecule has 0 saturated heterocycles. The van der Waals surface area contributed by atoms with E-state index in [9.17, 15) is 9.59 Å². The lowest BCUT2D eigenvalue weighted by Gasteiger charge is -2.00. The minimum Gasteiger partial charge on any atom is -0.460 e. The van der Waals surface area contributed by atoms with E-state index >= 15 is 0 Å². The highest BCUT2D eigenvalue weighted by molar-refractivity contribution is 7.17. The maximum Gasteiger partial charge on any atom is 0.374 e. The molecule has 6 heteroatoms. The van der Waals surface area contributed by atoms with Crippen LogP contribution in [-0.2, 0) is 4.74 Å². The molecular formula is C10H10N2O3S. The van der Waals surface area contributed by atoms with Crippen LogP contribution in [0.4, 0.5) is 0 Å². The number of aromatic nitrogens is 2. The second-order valence-corrected chi connectivity index (χ2v) is 4.11. The van der Waals surface area contributed by atoms with Crippen molar-refractivity contribution < 1.29 is 9.53 Å². The van der Waals surface area contributed by atoms with Crippen molar-refractivity contribution in [3.63, 3.8) is 0 Å². The lowest BCUT2D eigenvalue weighted by atomic mass is 10.3. The fourth-order valence-electron chi connectivity index (χ4n) is 1.34. The number of aryl methyl sites for hydroxylation is 1. The number of ether oxygens (including phenoxy) is 1. The van der Waals surface area contributed by atoms with Gasteiger partial charge in [-0.05, 0) is 24.8 Å². The van der Waals surface area contributed by atoms with Crippen LogP contribution in [0.2, 0.25) is 0 Å². The van der Waals surface area contributed by atoms with Gasteiger partial charge in [-0.2, -0.15) is 0 Å². The normalized spacial score (nSPS) is 10.6. The molecule has 0 radical (unpaired) electrons. The number of H-pyrrole nitrogens is 1. The van der Waals surface area contributed by atoms with Gasteiger partial charge in [0.15, 0.2) is 0 Å². The lowest BCUT2D eigenvalue weighted by Crippen LogP contribution is -2.17. The Labute approximate surface area is 95.1 Å². The van der Waals surface area contributed by atoms with E-state index in [1.54, 1.807) is 6.92 Å². The molecular weight excluding hydrogens is 228 g/mol. The van der Waals surface area contributed by atoms with Crippen LogP contribution in [0.3, 0.4) is 0 Å². The van der Waals surface area contributed by atoms with E-state index in [4.69, 9.17) is 4.74 Å². The molecule has 0 spiro atoms. The number of fused-ring (bicyclic) bond motifs is 1. The molecule has 0 unspecified atom stereocenters. The summed E-state index contributed by atoms with van der Waals surface area (Å²) in [4.78, 5) is 29.6. The fourth-order valence-corrected chi connectivity index (χ4v) is 2.22. The molecule has 0 bridgehead atoms. The molecule has 16 heavy (non-hydrogen) atoms. The van der Waals surface area contributed by atoms with Gasteiger partial charge in [0.25, 0.3) is 5.56 Å². The van der Waals surface area contributed by atoms with Gasteiger partial charge in [-0.1, -0.05) is 0 Å². The Morgan fingerprint density at radius 2 is 2.38 bits per heavy atom. The number of nitrogens with zero attached hydrogens (tertiary/aromatic N) is 1. The molecule has 0 amide bonds. The number of rotatable bonds is 2. The first-order valence-electron chi connectivity index (χ1n) is 4.78. The van der Waals surface area contributed by atoms with Crippen molar-refractivity contribution in [2.75, 3.05) is 6.61 Å². The highest BCUT2D eigenvalue weighted by Crippen LogP contribution is 2.19. The molecule has 0 aliphatic rings. The third-order valence-corrected chi connectivity index (χ3v) is 3.16. The lowest BCUT2D eigenvalue weighted by molar-refractivity contribution is 0.0512. The van der Waals surface area contributed by atoms with Crippen LogP contribution >= 0.6 is 11.3 Å². The van der Waals surface area contributed by atoms with Crippen molar-refractivity contribution in [3.8, 4) is 0 Å². The quantitative estimate of drug-likeness (QED) is 0.804. The van der Waals surface area contributed by atoms with Gasteiger partial charge in [-0.15, -0.1) is 11.3 Å². The summed E-state index contributed by atoms with van der Waals surface area (Å²) in [7, 11) is 0. The van der Waals surface area contributed by atoms with Gasteiger partial charge in [-0.25, -0.2) is 9.78 Å². The summed E-state index contributed by atoms with van der Waals surface area (Å²) in [5, 5.41) is 1.84. The van der Waals surface area contributed by atoms with Gasteiger partial charge in [0.1, 0.15) is 4.70 Å². The summed E-state index contributed by atoms with van der Waals surface area (Å²) in [5.74, 6) is -0.645. The van der Waals surface area contributed by atoms with E-state index in [1.165, 1.54) is 11.3 Å². The molecule has 2 rings (SSSR count). The molecule has 0 saturated carbocycles. The highest BCUT2D eigenvalue weighted by atomic mass is 32.1. The molecule has 5 nitrogen and oxygen atoms in total. The molecule has 0 aliphatic carbocycles. The predicted octanol–water partition coefficient (Wildman–Crippen LogP) is 1.47. The van der Waals surface area contributed by atoms with Gasteiger partial charge >= 0.3 is 5.97 Å². The number of carbonyl (C=O) groups is 1. The summed E-state index contributed by atoms with van der Waals surface area (Å²) in [6.45, 7) is 3.80. The first kappa shape index (κ1) is 10.8. The van der Waals surface area contributed by atoms with Gasteiger partial charge < -0.3 is 4.74 Å². The molecule has 0 aromatic carbocycles.